The lowest BCUT2D eigenvalue weighted by molar-refractivity contribution is 0.181. The van der Waals surface area contributed by atoms with Gasteiger partial charge in [-0.2, -0.15) is 0 Å². The van der Waals surface area contributed by atoms with Crippen LogP contribution in [0, 0.1) is 5.92 Å². The summed E-state index contributed by atoms with van der Waals surface area (Å²) in [7, 11) is 0. The molecular weight excluding hydrogens is 200 g/mol. The Morgan fingerprint density at radius 3 is 2.69 bits per heavy atom. The van der Waals surface area contributed by atoms with E-state index in [-0.39, 0.29) is 0 Å². The molecule has 0 aromatic heterocycles. The molecule has 0 aromatic carbocycles. The molecule has 2 fully saturated rings. The first-order valence-corrected chi connectivity index (χ1v) is 6.92. The van der Waals surface area contributed by atoms with Gasteiger partial charge in [-0.15, -0.1) is 0 Å². The highest BCUT2D eigenvalue weighted by atomic mass is 16.5. The Morgan fingerprint density at radius 2 is 2.06 bits per heavy atom. The normalized spacial score (nSPS) is 28.7. The van der Waals surface area contributed by atoms with Crippen LogP contribution in [0.3, 0.4) is 0 Å². The topological polar surface area (TPSA) is 24.5 Å². The fourth-order valence-corrected chi connectivity index (χ4v) is 2.76. The second-order valence-electron chi connectivity index (χ2n) is 5.18. The summed E-state index contributed by atoms with van der Waals surface area (Å²) in [5.74, 6) is 0.822. The van der Waals surface area contributed by atoms with E-state index in [0.717, 1.165) is 25.2 Å². The van der Waals surface area contributed by atoms with Crippen molar-refractivity contribution in [2.45, 2.75) is 38.6 Å². The predicted molar refractivity (Wildman–Crippen MR) is 66.7 cm³/mol. The van der Waals surface area contributed by atoms with Crippen molar-refractivity contribution in [2.75, 3.05) is 39.4 Å². The van der Waals surface area contributed by atoms with E-state index in [2.05, 4.69) is 17.1 Å². The minimum absolute atomic E-state index is 0.769. The van der Waals surface area contributed by atoms with Crippen molar-refractivity contribution in [3.8, 4) is 0 Å². The molecule has 2 saturated heterocycles. The van der Waals surface area contributed by atoms with Gasteiger partial charge < -0.3 is 15.0 Å². The van der Waals surface area contributed by atoms with E-state index in [0.29, 0.717) is 0 Å². The Kier molecular flexibility index (Phi) is 5.07. The molecule has 0 spiro atoms. The van der Waals surface area contributed by atoms with E-state index in [1.54, 1.807) is 0 Å². The summed E-state index contributed by atoms with van der Waals surface area (Å²) in [5, 5.41) is 3.71. The maximum atomic E-state index is 5.39. The van der Waals surface area contributed by atoms with Crippen molar-refractivity contribution in [3.63, 3.8) is 0 Å². The highest BCUT2D eigenvalue weighted by Gasteiger charge is 2.19. The Labute approximate surface area is 99.5 Å². The summed E-state index contributed by atoms with van der Waals surface area (Å²) in [6.45, 7) is 9.20. The first-order chi connectivity index (χ1) is 7.88. The molecule has 0 aromatic rings. The summed E-state index contributed by atoms with van der Waals surface area (Å²) in [6, 6.07) is 0.769. The van der Waals surface area contributed by atoms with Gasteiger partial charge in [0.15, 0.2) is 0 Å². The molecule has 16 heavy (non-hydrogen) atoms. The smallest absolute Gasteiger partial charge is 0.0495 e. The molecule has 1 atom stereocenters. The number of hydrogen-bond acceptors (Lipinski definition) is 3. The van der Waals surface area contributed by atoms with Gasteiger partial charge >= 0.3 is 0 Å². The van der Waals surface area contributed by atoms with Crippen LogP contribution in [0.4, 0.5) is 0 Å². The Hall–Kier alpha value is -0.120. The van der Waals surface area contributed by atoms with Gasteiger partial charge in [0.2, 0.25) is 0 Å². The molecule has 94 valence electrons. The Bertz CT molecular complexity index is 184. The van der Waals surface area contributed by atoms with Gasteiger partial charge in [-0.25, -0.2) is 0 Å². The van der Waals surface area contributed by atoms with Gasteiger partial charge in [0.25, 0.3) is 0 Å². The van der Waals surface area contributed by atoms with Gasteiger partial charge in [0.1, 0.15) is 0 Å². The second kappa shape index (κ2) is 6.58. The van der Waals surface area contributed by atoms with Crippen molar-refractivity contribution in [3.05, 3.63) is 0 Å². The van der Waals surface area contributed by atoms with Crippen LogP contribution in [0.5, 0.6) is 0 Å². The van der Waals surface area contributed by atoms with Gasteiger partial charge in [-0.1, -0.05) is 6.92 Å². The third kappa shape index (κ3) is 3.72. The van der Waals surface area contributed by atoms with Crippen molar-refractivity contribution in [2.24, 2.45) is 5.92 Å². The number of nitrogens with one attached hydrogen (secondary N) is 1. The van der Waals surface area contributed by atoms with Crippen molar-refractivity contribution < 1.29 is 4.74 Å². The third-order valence-corrected chi connectivity index (χ3v) is 4.04. The summed E-state index contributed by atoms with van der Waals surface area (Å²) in [4.78, 5) is 2.54. The fourth-order valence-electron chi connectivity index (χ4n) is 2.76. The monoisotopic (exact) mass is 226 g/mol. The van der Waals surface area contributed by atoms with E-state index >= 15 is 0 Å². The van der Waals surface area contributed by atoms with Crippen LogP contribution >= 0.6 is 0 Å². The predicted octanol–water partition coefficient (Wildman–Crippen LogP) is 1.49. The van der Waals surface area contributed by atoms with Gasteiger partial charge in [-0.05, 0) is 57.8 Å². The molecule has 1 unspecified atom stereocenters. The minimum Gasteiger partial charge on any atom is -0.381 e. The highest BCUT2D eigenvalue weighted by molar-refractivity contribution is 4.77. The molecular formula is C13H26N2O. The van der Waals surface area contributed by atoms with Crippen LogP contribution < -0.4 is 5.32 Å². The Balaban J connectivity index is 1.53. The van der Waals surface area contributed by atoms with Crippen LogP contribution in [-0.2, 0) is 4.74 Å². The second-order valence-corrected chi connectivity index (χ2v) is 5.18. The zero-order chi connectivity index (χ0) is 11.2. The first kappa shape index (κ1) is 12.3. The maximum absolute atomic E-state index is 5.39. The molecule has 0 amide bonds. The lowest BCUT2D eigenvalue weighted by Gasteiger charge is -2.31. The van der Waals surface area contributed by atoms with E-state index in [1.807, 2.05) is 0 Å². The number of ether oxygens (including phenoxy) is 1. The van der Waals surface area contributed by atoms with E-state index in [9.17, 15) is 0 Å². The van der Waals surface area contributed by atoms with Gasteiger partial charge in [-0.3, -0.25) is 0 Å². The van der Waals surface area contributed by atoms with Crippen molar-refractivity contribution in [1.82, 2.24) is 10.2 Å². The molecule has 2 rings (SSSR count). The molecule has 0 saturated carbocycles. The zero-order valence-corrected chi connectivity index (χ0v) is 10.6. The molecule has 1 N–H and O–H groups in total. The lowest BCUT2D eigenvalue weighted by atomic mass is 10.0. The third-order valence-electron chi connectivity index (χ3n) is 4.04. The summed E-state index contributed by atoms with van der Waals surface area (Å²) in [6.07, 6.45) is 5.23. The molecule has 2 aliphatic rings. The lowest BCUT2D eigenvalue weighted by Crippen LogP contribution is -2.42. The minimum atomic E-state index is 0.769. The largest absolute Gasteiger partial charge is 0.381 e. The molecule has 2 heterocycles. The summed E-state index contributed by atoms with van der Waals surface area (Å²) >= 11 is 0. The Morgan fingerprint density at radius 1 is 1.25 bits per heavy atom. The highest BCUT2D eigenvalue weighted by Crippen LogP contribution is 2.16. The average Bonchev–Trinajstić information content (AvgIpc) is 2.83. The van der Waals surface area contributed by atoms with Crippen LogP contribution in [0.1, 0.15) is 32.6 Å². The number of nitrogens with zero attached hydrogens (tertiary/aromatic N) is 1. The fraction of sp³-hybridized carbons (Fsp3) is 1.00. The number of likely N-dealkylation sites (tertiary alicyclic amines) is 1. The molecule has 3 nitrogen and oxygen atoms in total. The van der Waals surface area contributed by atoms with Crippen LogP contribution in [0.2, 0.25) is 0 Å². The van der Waals surface area contributed by atoms with Crippen molar-refractivity contribution in [1.29, 1.82) is 0 Å². The quantitative estimate of drug-likeness (QED) is 0.768. The molecule has 2 aliphatic heterocycles. The van der Waals surface area contributed by atoms with Crippen molar-refractivity contribution >= 4 is 0 Å². The summed E-state index contributed by atoms with van der Waals surface area (Å²) < 4.78 is 5.39. The van der Waals surface area contributed by atoms with E-state index in [1.165, 1.54) is 51.9 Å². The van der Waals surface area contributed by atoms with Crippen LogP contribution in [0.15, 0.2) is 0 Å². The maximum Gasteiger partial charge on any atom is 0.0495 e. The van der Waals surface area contributed by atoms with Crippen LogP contribution in [0.25, 0.3) is 0 Å². The van der Waals surface area contributed by atoms with E-state index in [4.69, 9.17) is 4.74 Å². The zero-order valence-electron chi connectivity index (χ0n) is 10.6. The number of rotatable bonds is 5. The SMILES string of the molecule is CCN1CCC(NCCC2CCOC2)CC1. The first-order valence-electron chi connectivity index (χ1n) is 6.92. The molecule has 0 bridgehead atoms. The number of hydrogen-bond donors (Lipinski definition) is 1. The van der Waals surface area contributed by atoms with Crippen LogP contribution in [-0.4, -0.2) is 50.3 Å². The van der Waals surface area contributed by atoms with E-state index < -0.39 is 0 Å². The average molecular weight is 226 g/mol. The standard InChI is InChI=1S/C13H26N2O/c1-2-15-8-4-13(5-9-15)14-7-3-12-6-10-16-11-12/h12-14H,2-11H2,1H3. The van der Waals surface area contributed by atoms with Gasteiger partial charge in [0, 0.05) is 19.3 Å². The molecule has 3 heteroatoms. The molecule has 0 aliphatic carbocycles. The number of piperidine rings is 1. The summed E-state index contributed by atoms with van der Waals surface area (Å²) in [5.41, 5.74) is 0. The molecule has 0 radical (unpaired) electrons. The van der Waals surface area contributed by atoms with Gasteiger partial charge in [0.05, 0.1) is 0 Å².